The number of allylic oxidation sites excluding steroid dienone is 1. The first-order valence-corrected chi connectivity index (χ1v) is 11.0. The molecule has 150 valence electrons. The Bertz CT molecular complexity index is 694. The van der Waals surface area contributed by atoms with Gasteiger partial charge in [0.1, 0.15) is 11.9 Å². The van der Waals surface area contributed by atoms with E-state index in [0.717, 1.165) is 38.0 Å². The Morgan fingerprint density at radius 3 is 2.37 bits per heavy atom. The highest BCUT2D eigenvalue weighted by Gasteiger charge is 2.63. The fourth-order valence-electron chi connectivity index (χ4n) is 7.81. The van der Waals surface area contributed by atoms with E-state index < -0.39 is 0 Å². The smallest absolute Gasteiger partial charge is 0.302 e. The van der Waals surface area contributed by atoms with Crippen molar-refractivity contribution in [1.82, 2.24) is 0 Å². The molecule has 0 aliphatic heterocycles. The summed E-state index contributed by atoms with van der Waals surface area (Å²) in [6, 6.07) is 0. The molecule has 0 radical (unpaired) electrons. The molecular weight excluding hydrogens is 336 g/mol. The molecule has 3 fully saturated rings. The topological polar surface area (TPSA) is 43.4 Å². The highest BCUT2D eigenvalue weighted by atomic mass is 16.5. The minimum Gasteiger partial charge on any atom is -0.462 e. The maximum Gasteiger partial charge on any atom is 0.302 e. The molecule has 0 aromatic carbocycles. The Hall–Kier alpha value is -1.12. The van der Waals surface area contributed by atoms with E-state index in [1.165, 1.54) is 31.8 Å². The summed E-state index contributed by atoms with van der Waals surface area (Å²) in [6.45, 7) is 10.5. The van der Waals surface area contributed by atoms with Gasteiger partial charge < -0.3 is 4.74 Å². The van der Waals surface area contributed by atoms with Crippen molar-refractivity contribution in [3.05, 3.63) is 11.6 Å². The highest BCUT2D eigenvalue weighted by Crippen LogP contribution is 2.69. The lowest BCUT2D eigenvalue weighted by molar-refractivity contribution is -0.149. The number of fused-ring (bicyclic) bond motifs is 5. The van der Waals surface area contributed by atoms with Gasteiger partial charge in [0.05, 0.1) is 0 Å². The van der Waals surface area contributed by atoms with Crippen LogP contribution >= 0.6 is 0 Å². The van der Waals surface area contributed by atoms with E-state index in [9.17, 15) is 9.59 Å². The summed E-state index contributed by atoms with van der Waals surface area (Å²) in [4.78, 5) is 23.9. The quantitative estimate of drug-likeness (QED) is 0.476. The van der Waals surface area contributed by atoms with E-state index in [4.69, 9.17) is 4.74 Å². The zero-order valence-corrected chi connectivity index (χ0v) is 17.8. The number of Topliss-reactive ketones (excluding diaryl/α,β-unsaturated/α-hetero) is 1. The van der Waals surface area contributed by atoms with Crippen LogP contribution in [0.2, 0.25) is 0 Å². The van der Waals surface area contributed by atoms with Crippen molar-refractivity contribution in [1.29, 1.82) is 0 Å². The van der Waals surface area contributed by atoms with Crippen LogP contribution in [0, 0.1) is 34.0 Å². The zero-order chi connectivity index (χ0) is 19.6. The molecule has 4 aliphatic rings. The van der Waals surface area contributed by atoms with Crippen LogP contribution in [0.1, 0.15) is 86.0 Å². The first kappa shape index (κ1) is 19.2. The fourth-order valence-corrected chi connectivity index (χ4v) is 7.81. The van der Waals surface area contributed by atoms with E-state index in [2.05, 4.69) is 26.8 Å². The maximum absolute atomic E-state index is 12.5. The van der Waals surface area contributed by atoms with Crippen molar-refractivity contribution < 1.29 is 14.3 Å². The second-order valence-corrected chi connectivity index (χ2v) is 10.6. The molecule has 0 spiro atoms. The van der Waals surface area contributed by atoms with Gasteiger partial charge in [-0.1, -0.05) is 32.4 Å². The van der Waals surface area contributed by atoms with Crippen LogP contribution in [0.3, 0.4) is 0 Å². The molecule has 4 aliphatic carbocycles. The minimum atomic E-state index is -0.152. The molecule has 3 saturated carbocycles. The lowest BCUT2D eigenvalue weighted by Gasteiger charge is -2.59. The number of rotatable bonds is 2. The monoisotopic (exact) mass is 372 g/mol. The SMILES string of the molecule is CC(=O)O[C@@H]1CC[C@@]2(C)C(=CC[C@H]3[C@H]2CC[C@]2(C)[C@@H]3CC[C@]2(C)C(C)=O)C1. The van der Waals surface area contributed by atoms with E-state index in [0.29, 0.717) is 17.6 Å². The second-order valence-electron chi connectivity index (χ2n) is 10.6. The molecule has 0 saturated heterocycles. The lowest BCUT2D eigenvalue weighted by atomic mass is 9.45. The number of ketones is 1. The molecule has 0 aromatic rings. The van der Waals surface area contributed by atoms with Gasteiger partial charge in [-0.25, -0.2) is 0 Å². The number of esters is 1. The van der Waals surface area contributed by atoms with Crippen molar-refractivity contribution >= 4 is 11.8 Å². The van der Waals surface area contributed by atoms with Gasteiger partial charge in [0.25, 0.3) is 0 Å². The van der Waals surface area contributed by atoms with Crippen LogP contribution in [0.25, 0.3) is 0 Å². The number of carbonyl (C=O) groups is 2. The Morgan fingerprint density at radius 2 is 1.70 bits per heavy atom. The van der Waals surface area contributed by atoms with Crippen LogP contribution in [0.4, 0.5) is 0 Å². The Labute approximate surface area is 164 Å². The average Bonchev–Trinajstić information content (AvgIpc) is 2.87. The van der Waals surface area contributed by atoms with Crippen LogP contribution < -0.4 is 0 Å². The third-order valence-electron chi connectivity index (χ3n) is 9.77. The summed E-state index contributed by atoms with van der Waals surface area (Å²) in [5.41, 5.74) is 1.82. The van der Waals surface area contributed by atoms with Crippen LogP contribution in [0.5, 0.6) is 0 Å². The number of ether oxygens (including phenoxy) is 1. The molecule has 0 N–H and O–H groups in total. The van der Waals surface area contributed by atoms with Crippen LogP contribution in [-0.2, 0) is 14.3 Å². The zero-order valence-electron chi connectivity index (χ0n) is 17.8. The molecule has 3 nitrogen and oxygen atoms in total. The molecule has 27 heavy (non-hydrogen) atoms. The van der Waals surface area contributed by atoms with Crippen molar-refractivity contribution in [3.63, 3.8) is 0 Å². The first-order valence-electron chi connectivity index (χ1n) is 11.0. The molecule has 0 heterocycles. The highest BCUT2D eigenvalue weighted by molar-refractivity contribution is 5.83. The van der Waals surface area contributed by atoms with Crippen LogP contribution in [-0.4, -0.2) is 17.9 Å². The Morgan fingerprint density at radius 1 is 1.00 bits per heavy atom. The minimum absolute atomic E-state index is 0.0692. The van der Waals surface area contributed by atoms with E-state index in [-0.39, 0.29) is 28.3 Å². The van der Waals surface area contributed by atoms with Gasteiger partial charge in [0, 0.05) is 18.8 Å². The molecule has 4 rings (SSSR count). The van der Waals surface area contributed by atoms with Crippen molar-refractivity contribution in [3.8, 4) is 0 Å². The van der Waals surface area contributed by atoms with Crippen molar-refractivity contribution in [2.75, 3.05) is 0 Å². The van der Waals surface area contributed by atoms with Gasteiger partial charge in [-0.05, 0) is 80.5 Å². The maximum atomic E-state index is 12.5. The van der Waals surface area contributed by atoms with Crippen molar-refractivity contribution in [2.24, 2.45) is 34.0 Å². The summed E-state index contributed by atoms with van der Waals surface area (Å²) >= 11 is 0. The molecule has 0 aromatic heterocycles. The third-order valence-corrected chi connectivity index (χ3v) is 9.77. The summed E-state index contributed by atoms with van der Waals surface area (Å²) in [5.74, 6) is 2.35. The van der Waals surface area contributed by atoms with E-state index in [1.54, 1.807) is 0 Å². The average molecular weight is 373 g/mol. The largest absolute Gasteiger partial charge is 0.462 e. The van der Waals surface area contributed by atoms with Gasteiger partial charge in [-0.15, -0.1) is 0 Å². The van der Waals surface area contributed by atoms with Gasteiger partial charge >= 0.3 is 5.97 Å². The fraction of sp³-hybridized carbons (Fsp3) is 0.833. The summed E-state index contributed by atoms with van der Waals surface area (Å²) in [5, 5.41) is 0. The van der Waals surface area contributed by atoms with Gasteiger partial charge in [-0.3, -0.25) is 9.59 Å². The second kappa shape index (κ2) is 6.19. The van der Waals surface area contributed by atoms with Gasteiger partial charge in [-0.2, -0.15) is 0 Å². The molecule has 0 bridgehead atoms. The number of hydrogen-bond acceptors (Lipinski definition) is 3. The normalized spacial score (nSPS) is 48.7. The van der Waals surface area contributed by atoms with Crippen LogP contribution in [0.15, 0.2) is 11.6 Å². The third kappa shape index (κ3) is 2.59. The number of carbonyl (C=O) groups excluding carboxylic acids is 2. The molecule has 0 unspecified atom stereocenters. The molecule has 0 amide bonds. The summed E-state index contributed by atoms with van der Waals surface area (Å²) in [7, 11) is 0. The van der Waals surface area contributed by atoms with E-state index in [1.807, 2.05) is 6.92 Å². The molecule has 7 atom stereocenters. The molecule has 3 heteroatoms. The predicted molar refractivity (Wildman–Crippen MR) is 106 cm³/mol. The van der Waals surface area contributed by atoms with Gasteiger partial charge in [0.2, 0.25) is 0 Å². The molecular formula is C24H36O3. The summed E-state index contributed by atoms with van der Waals surface area (Å²) in [6.07, 6.45) is 11.5. The van der Waals surface area contributed by atoms with Crippen molar-refractivity contribution in [2.45, 2.75) is 92.1 Å². The van der Waals surface area contributed by atoms with Gasteiger partial charge in [0.15, 0.2) is 0 Å². The first-order chi connectivity index (χ1) is 12.6. The lowest BCUT2D eigenvalue weighted by Crippen LogP contribution is -2.53. The predicted octanol–water partition coefficient (Wildman–Crippen LogP) is 5.48. The summed E-state index contributed by atoms with van der Waals surface area (Å²) < 4.78 is 5.54. The van der Waals surface area contributed by atoms with E-state index >= 15 is 0 Å². The standard InChI is InChI=1S/C24H36O3/c1-15(25)23(4)12-10-21-19-7-6-17-14-18(27-16(2)26)8-11-22(17,3)20(19)9-13-24(21,23)5/h6,18-21H,7-14H2,1-5H3/t18-,19+,20-,21-,22+,23-,24-/m1/s1. The Balaban J connectivity index is 1.61. The number of hydrogen-bond donors (Lipinski definition) is 0. The Kier molecular flexibility index (Phi) is 4.40.